The van der Waals surface area contributed by atoms with Gasteiger partial charge in [-0.05, 0) is 54.8 Å². The Balaban J connectivity index is 1.74. The van der Waals surface area contributed by atoms with Gasteiger partial charge in [-0.2, -0.15) is 4.37 Å². The van der Waals surface area contributed by atoms with Crippen molar-refractivity contribution in [2.45, 2.75) is 38.3 Å². The van der Waals surface area contributed by atoms with Gasteiger partial charge >= 0.3 is 0 Å². The number of rotatable bonds is 11. The molecule has 1 heterocycles. The Bertz CT molecular complexity index is 990. The molecule has 1 aromatic heterocycles. The van der Waals surface area contributed by atoms with E-state index in [0.717, 1.165) is 17.7 Å². The molecule has 0 aliphatic rings. The zero-order valence-corrected chi connectivity index (χ0v) is 18.8. The fourth-order valence-electron chi connectivity index (χ4n) is 3.16. The highest BCUT2D eigenvalue weighted by molar-refractivity contribution is 7.09. The van der Waals surface area contributed by atoms with Crippen LogP contribution < -0.4 is 20.5 Å². The van der Waals surface area contributed by atoms with Crippen LogP contribution in [0.15, 0.2) is 48.5 Å². The number of hydrogen-bond donors (Lipinski definition) is 2. The number of ether oxygens (including phenoxy) is 2. The molecular weight excluding hydrogens is 412 g/mol. The van der Waals surface area contributed by atoms with Crippen molar-refractivity contribution < 1.29 is 14.3 Å². The van der Waals surface area contributed by atoms with Gasteiger partial charge in [-0.3, -0.25) is 4.79 Å². The van der Waals surface area contributed by atoms with Crippen molar-refractivity contribution in [2.75, 3.05) is 19.5 Å². The number of nitrogens with zero attached hydrogens (tertiary/aromatic N) is 2. The van der Waals surface area contributed by atoms with Gasteiger partial charge in [0.15, 0.2) is 5.78 Å². The minimum atomic E-state index is -0.485. The highest BCUT2D eigenvalue weighted by atomic mass is 32.1. The molecule has 2 unspecified atom stereocenters. The van der Waals surface area contributed by atoms with Crippen molar-refractivity contribution in [1.82, 2.24) is 9.36 Å². The third-order valence-electron chi connectivity index (χ3n) is 5.02. The number of benzene rings is 2. The van der Waals surface area contributed by atoms with Gasteiger partial charge in [0.05, 0.1) is 20.3 Å². The normalized spacial score (nSPS) is 12.8. The maximum Gasteiger partial charge on any atom is 0.203 e. The van der Waals surface area contributed by atoms with Crippen LogP contribution in [0.2, 0.25) is 0 Å². The lowest BCUT2D eigenvalue weighted by Crippen LogP contribution is -2.36. The van der Waals surface area contributed by atoms with Crippen LogP contribution in [-0.2, 0) is 6.42 Å². The first kappa shape index (κ1) is 22.7. The van der Waals surface area contributed by atoms with E-state index in [1.165, 1.54) is 11.5 Å². The first-order valence-corrected chi connectivity index (χ1v) is 11.0. The Labute approximate surface area is 186 Å². The van der Waals surface area contributed by atoms with Crippen LogP contribution >= 0.6 is 11.5 Å². The summed E-state index contributed by atoms with van der Waals surface area (Å²) in [6.45, 7) is 2.01. The topological polar surface area (TPSA) is 99.4 Å². The van der Waals surface area contributed by atoms with Crippen molar-refractivity contribution in [1.29, 1.82) is 0 Å². The molecule has 164 valence electrons. The summed E-state index contributed by atoms with van der Waals surface area (Å²) in [7, 11) is 3.24. The molecule has 0 amide bonds. The van der Waals surface area contributed by atoms with Gasteiger partial charge in [-0.25, -0.2) is 4.98 Å². The molecule has 31 heavy (non-hydrogen) atoms. The van der Waals surface area contributed by atoms with Crippen LogP contribution in [0.25, 0.3) is 0 Å². The number of methoxy groups -OCH3 is 2. The van der Waals surface area contributed by atoms with E-state index in [9.17, 15) is 4.79 Å². The average molecular weight is 441 g/mol. The van der Waals surface area contributed by atoms with Crippen molar-refractivity contribution in [3.05, 3.63) is 65.5 Å². The Morgan fingerprint density at radius 1 is 1.13 bits per heavy atom. The molecule has 0 saturated carbocycles. The molecule has 2 aromatic carbocycles. The van der Waals surface area contributed by atoms with Crippen LogP contribution in [0.1, 0.15) is 41.5 Å². The fraction of sp³-hybridized carbons (Fsp3) is 0.348. The molecule has 0 aliphatic carbocycles. The highest BCUT2D eigenvalue weighted by Gasteiger charge is 2.23. The number of Topliss-reactive ketones (excluding diaryl/α,β-unsaturated/α-hetero) is 1. The Morgan fingerprint density at radius 2 is 1.87 bits per heavy atom. The molecule has 3 aromatic rings. The largest absolute Gasteiger partial charge is 0.497 e. The molecule has 0 saturated heterocycles. The number of nitrogens with two attached hydrogens (primary N) is 1. The van der Waals surface area contributed by atoms with E-state index in [-0.39, 0.29) is 11.8 Å². The summed E-state index contributed by atoms with van der Waals surface area (Å²) >= 11 is 1.24. The molecule has 2 atom stereocenters. The van der Waals surface area contributed by atoms with Crippen molar-refractivity contribution in [3.63, 3.8) is 0 Å². The number of aromatic nitrogens is 2. The number of anilines is 1. The number of carbonyl (C=O) groups is 1. The van der Waals surface area contributed by atoms with Crippen LogP contribution in [0.3, 0.4) is 0 Å². The second-order valence-corrected chi connectivity index (χ2v) is 7.99. The molecule has 0 aliphatic heterocycles. The van der Waals surface area contributed by atoms with E-state index in [2.05, 4.69) is 14.7 Å². The van der Waals surface area contributed by atoms with E-state index in [0.29, 0.717) is 35.1 Å². The lowest BCUT2D eigenvalue weighted by Gasteiger charge is -2.20. The van der Waals surface area contributed by atoms with E-state index >= 15 is 0 Å². The van der Waals surface area contributed by atoms with Gasteiger partial charge < -0.3 is 20.5 Å². The maximum atomic E-state index is 13.2. The Hall–Kier alpha value is -2.97. The average Bonchev–Trinajstić information content (AvgIpc) is 3.24. The van der Waals surface area contributed by atoms with Gasteiger partial charge in [0.2, 0.25) is 5.13 Å². The first-order valence-electron chi connectivity index (χ1n) is 10.2. The number of ketones is 1. The van der Waals surface area contributed by atoms with Gasteiger partial charge in [0.1, 0.15) is 17.3 Å². The lowest BCUT2D eigenvalue weighted by molar-refractivity contribution is 0.0962. The van der Waals surface area contributed by atoms with Crippen LogP contribution in [0.4, 0.5) is 5.13 Å². The number of nitrogens with one attached hydrogen (secondary N) is 1. The zero-order valence-electron chi connectivity index (χ0n) is 18.0. The summed E-state index contributed by atoms with van der Waals surface area (Å²) < 4.78 is 14.9. The monoisotopic (exact) mass is 440 g/mol. The van der Waals surface area contributed by atoms with E-state index < -0.39 is 6.04 Å². The molecule has 3 rings (SSSR count). The summed E-state index contributed by atoms with van der Waals surface area (Å²) in [6.07, 6.45) is 1.87. The van der Waals surface area contributed by atoms with E-state index in [4.69, 9.17) is 15.2 Å². The summed E-state index contributed by atoms with van der Waals surface area (Å²) in [5, 5.41) is 3.86. The predicted octanol–water partition coefficient (Wildman–Crippen LogP) is 3.94. The van der Waals surface area contributed by atoms with Gasteiger partial charge in [0.25, 0.3) is 0 Å². The summed E-state index contributed by atoms with van der Waals surface area (Å²) in [4.78, 5) is 17.7. The zero-order chi connectivity index (χ0) is 22.2. The van der Waals surface area contributed by atoms with Gasteiger partial charge in [0, 0.05) is 29.6 Å². The molecule has 0 radical (unpaired) electrons. The minimum absolute atomic E-state index is 0.0314. The molecular formula is C23H28N4O3S. The van der Waals surface area contributed by atoms with Crippen LogP contribution in [0.5, 0.6) is 11.5 Å². The molecule has 8 heteroatoms. The Morgan fingerprint density at radius 3 is 2.55 bits per heavy atom. The maximum absolute atomic E-state index is 13.2. The van der Waals surface area contributed by atoms with Crippen LogP contribution in [-0.4, -0.2) is 41.4 Å². The van der Waals surface area contributed by atoms with Crippen molar-refractivity contribution in [3.8, 4) is 11.5 Å². The number of carbonyl (C=O) groups excluding carboxylic acids is 1. The second kappa shape index (κ2) is 10.9. The van der Waals surface area contributed by atoms with Crippen molar-refractivity contribution in [2.24, 2.45) is 5.73 Å². The summed E-state index contributed by atoms with van der Waals surface area (Å²) in [5.74, 6) is 2.16. The minimum Gasteiger partial charge on any atom is -0.497 e. The van der Waals surface area contributed by atoms with Gasteiger partial charge in [-0.15, -0.1) is 0 Å². The number of hydrogen-bond acceptors (Lipinski definition) is 8. The fourth-order valence-corrected chi connectivity index (χ4v) is 3.79. The van der Waals surface area contributed by atoms with E-state index in [1.54, 1.807) is 38.5 Å². The van der Waals surface area contributed by atoms with Gasteiger partial charge in [-0.1, -0.05) is 19.1 Å². The standard InChI is InChI=1S/C23H28N4O3S/c1-4-17(24)14-20(22(28)16-8-10-18(29-2)11-9-16)25-23-26-21(27-31-23)13-15-6-5-7-19(12-15)30-3/h5-12,17,20H,4,13-14,24H2,1-3H3,(H,25,26,27). The van der Waals surface area contributed by atoms with Crippen LogP contribution in [0, 0.1) is 0 Å². The van der Waals surface area contributed by atoms with Crippen molar-refractivity contribution >= 4 is 22.4 Å². The third kappa shape index (κ3) is 6.26. The highest BCUT2D eigenvalue weighted by Crippen LogP contribution is 2.21. The smallest absolute Gasteiger partial charge is 0.203 e. The SMILES string of the molecule is CCC(N)CC(Nc1nc(Cc2cccc(OC)c2)ns1)C(=O)c1ccc(OC)cc1. The first-order chi connectivity index (χ1) is 15.0. The molecule has 7 nitrogen and oxygen atoms in total. The third-order valence-corrected chi connectivity index (χ3v) is 5.70. The van der Waals surface area contributed by atoms with E-state index in [1.807, 2.05) is 31.2 Å². The molecule has 3 N–H and O–H groups in total. The summed E-state index contributed by atoms with van der Waals surface area (Å²) in [5.41, 5.74) is 7.82. The molecule has 0 bridgehead atoms. The lowest BCUT2D eigenvalue weighted by atomic mass is 9.97. The molecule has 0 spiro atoms. The second-order valence-electron chi connectivity index (χ2n) is 7.24. The molecule has 0 fully saturated rings. The quantitative estimate of drug-likeness (QED) is 0.436. The summed E-state index contributed by atoms with van der Waals surface area (Å²) in [6, 6.07) is 14.3. The Kier molecular flexibility index (Phi) is 7.97. The predicted molar refractivity (Wildman–Crippen MR) is 123 cm³/mol.